The molecule has 1 heterocycles. The second kappa shape index (κ2) is 8.50. The fraction of sp³-hybridized carbons (Fsp3) is 0.158. The van der Waals surface area contributed by atoms with E-state index in [9.17, 15) is 9.59 Å². The van der Waals surface area contributed by atoms with Gasteiger partial charge in [-0.1, -0.05) is 23.9 Å². The maximum absolute atomic E-state index is 12.3. The summed E-state index contributed by atoms with van der Waals surface area (Å²) in [6, 6.07) is 14.4. The number of fused-ring (bicyclic) bond motifs is 1. The molecule has 0 unspecified atom stereocenters. The number of benzene rings is 2. The molecule has 1 amide bonds. The Morgan fingerprint density at radius 1 is 1.26 bits per heavy atom. The van der Waals surface area contributed by atoms with Gasteiger partial charge in [0.2, 0.25) is 0 Å². The van der Waals surface area contributed by atoms with Crippen molar-refractivity contribution in [3.05, 3.63) is 64.4 Å². The van der Waals surface area contributed by atoms with Gasteiger partial charge in [-0.2, -0.15) is 5.10 Å². The molecule has 0 aliphatic carbocycles. The van der Waals surface area contributed by atoms with Crippen molar-refractivity contribution in [2.75, 3.05) is 12.9 Å². The molecule has 1 N–H and O–H groups in total. The van der Waals surface area contributed by atoms with Gasteiger partial charge in [0, 0.05) is 7.05 Å². The van der Waals surface area contributed by atoms with E-state index < -0.39 is 0 Å². The fourth-order valence-corrected chi connectivity index (χ4v) is 3.12. The topological polar surface area (TPSA) is 85.6 Å². The molecule has 0 radical (unpaired) electrons. The Morgan fingerprint density at radius 3 is 2.74 bits per heavy atom. The minimum absolute atomic E-state index is 0.0958. The first-order valence-corrected chi connectivity index (χ1v) is 9.11. The summed E-state index contributed by atoms with van der Waals surface area (Å²) in [7, 11) is 3.24. The van der Waals surface area contributed by atoms with Crippen LogP contribution in [-0.4, -0.2) is 34.5 Å². The number of ether oxygens (including phenoxy) is 1. The van der Waals surface area contributed by atoms with Crippen molar-refractivity contribution >= 4 is 34.8 Å². The van der Waals surface area contributed by atoms with E-state index in [0.29, 0.717) is 16.1 Å². The van der Waals surface area contributed by atoms with Gasteiger partial charge in [0.1, 0.15) is 5.75 Å². The number of hydrogen-bond acceptors (Lipinski definition) is 6. The number of methoxy groups -OCH3 is 1. The molecule has 3 aromatic rings. The van der Waals surface area contributed by atoms with Crippen LogP contribution in [-0.2, 0) is 11.8 Å². The van der Waals surface area contributed by atoms with Gasteiger partial charge < -0.3 is 4.74 Å². The number of amides is 1. The van der Waals surface area contributed by atoms with Crippen LogP contribution in [0.4, 0.5) is 0 Å². The van der Waals surface area contributed by atoms with Crippen LogP contribution in [0.5, 0.6) is 5.75 Å². The van der Waals surface area contributed by atoms with Crippen molar-refractivity contribution in [1.29, 1.82) is 0 Å². The van der Waals surface area contributed by atoms with Crippen molar-refractivity contribution in [3.63, 3.8) is 0 Å². The smallest absolute Gasteiger partial charge is 0.261 e. The van der Waals surface area contributed by atoms with Gasteiger partial charge in [0.15, 0.2) is 5.16 Å². The van der Waals surface area contributed by atoms with E-state index in [0.717, 1.165) is 11.3 Å². The van der Waals surface area contributed by atoms with Crippen LogP contribution in [0.15, 0.2) is 63.6 Å². The standard InChI is InChI=1S/C19H18N4O3S/c1-23-18(25)15-5-3-4-6-16(15)21-19(23)27-12-17(24)22-20-11-13-7-9-14(26-2)10-8-13/h3-11H,12H2,1-2H3,(H,22,24)/b20-11+. The summed E-state index contributed by atoms with van der Waals surface area (Å²) in [5.74, 6) is 0.562. The minimum Gasteiger partial charge on any atom is -0.497 e. The predicted octanol–water partition coefficient (Wildman–Crippen LogP) is 2.18. The molecule has 0 spiro atoms. The van der Waals surface area contributed by atoms with Crippen LogP contribution in [0.25, 0.3) is 10.9 Å². The number of hydrazone groups is 1. The SMILES string of the molecule is COc1ccc(/C=N/NC(=O)CSc2nc3ccccc3c(=O)n2C)cc1. The molecule has 0 fully saturated rings. The number of nitrogens with zero attached hydrogens (tertiary/aromatic N) is 3. The number of rotatable bonds is 6. The highest BCUT2D eigenvalue weighted by molar-refractivity contribution is 7.99. The lowest BCUT2D eigenvalue weighted by atomic mass is 10.2. The lowest BCUT2D eigenvalue weighted by molar-refractivity contribution is -0.118. The summed E-state index contributed by atoms with van der Waals surface area (Å²) in [5, 5.41) is 4.96. The van der Waals surface area contributed by atoms with E-state index in [1.54, 1.807) is 38.6 Å². The third-order valence-corrected chi connectivity index (χ3v) is 4.82. The molecule has 0 saturated heterocycles. The van der Waals surface area contributed by atoms with Crippen LogP contribution in [0, 0.1) is 0 Å². The predicted molar refractivity (Wildman–Crippen MR) is 106 cm³/mol. The number of carbonyl (C=O) groups excluding carboxylic acids is 1. The molecule has 0 atom stereocenters. The zero-order chi connectivity index (χ0) is 19.2. The normalized spacial score (nSPS) is 11.0. The summed E-state index contributed by atoms with van der Waals surface area (Å²) in [6.45, 7) is 0. The molecule has 3 rings (SSSR count). The summed E-state index contributed by atoms with van der Waals surface area (Å²) in [5.41, 5.74) is 3.77. The van der Waals surface area contributed by atoms with E-state index in [4.69, 9.17) is 4.74 Å². The summed E-state index contributed by atoms with van der Waals surface area (Å²) in [6.07, 6.45) is 1.55. The molecule has 8 heteroatoms. The van der Waals surface area contributed by atoms with Crippen molar-refractivity contribution in [1.82, 2.24) is 15.0 Å². The van der Waals surface area contributed by atoms with Gasteiger partial charge in [0.05, 0.1) is 30.0 Å². The highest BCUT2D eigenvalue weighted by atomic mass is 32.2. The third-order valence-electron chi connectivity index (χ3n) is 3.79. The number of para-hydroxylation sites is 1. The Labute approximate surface area is 160 Å². The monoisotopic (exact) mass is 382 g/mol. The first-order valence-electron chi connectivity index (χ1n) is 8.13. The summed E-state index contributed by atoms with van der Waals surface area (Å²) in [4.78, 5) is 28.8. The van der Waals surface area contributed by atoms with E-state index in [-0.39, 0.29) is 17.2 Å². The Hall–Kier alpha value is -3.13. The van der Waals surface area contributed by atoms with Crippen LogP contribution in [0.2, 0.25) is 0 Å². The molecule has 0 saturated carbocycles. The fourth-order valence-electron chi connectivity index (χ4n) is 2.36. The number of nitrogens with one attached hydrogen (secondary N) is 1. The molecule has 27 heavy (non-hydrogen) atoms. The van der Waals surface area contributed by atoms with E-state index in [2.05, 4.69) is 15.5 Å². The first-order chi connectivity index (χ1) is 13.1. The first kappa shape index (κ1) is 18.7. The largest absolute Gasteiger partial charge is 0.497 e. The molecule has 2 aromatic carbocycles. The lowest BCUT2D eigenvalue weighted by Crippen LogP contribution is -2.23. The quantitative estimate of drug-likeness (QED) is 0.306. The Morgan fingerprint density at radius 2 is 2.00 bits per heavy atom. The van der Waals surface area contributed by atoms with Gasteiger partial charge >= 0.3 is 0 Å². The second-order valence-corrected chi connectivity index (χ2v) is 6.57. The average molecular weight is 382 g/mol. The highest BCUT2D eigenvalue weighted by Crippen LogP contribution is 2.16. The van der Waals surface area contributed by atoms with Gasteiger partial charge in [-0.05, 0) is 42.0 Å². The molecular weight excluding hydrogens is 364 g/mol. The summed E-state index contributed by atoms with van der Waals surface area (Å²) < 4.78 is 6.53. The number of carbonyl (C=O) groups is 1. The molecule has 0 aliphatic rings. The maximum Gasteiger partial charge on any atom is 0.261 e. The third kappa shape index (κ3) is 4.53. The molecule has 7 nitrogen and oxygen atoms in total. The number of aromatic nitrogens is 2. The van der Waals surface area contributed by atoms with Crippen LogP contribution in [0.1, 0.15) is 5.56 Å². The number of hydrogen-bond donors (Lipinski definition) is 1. The Balaban J connectivity index is 1.60. The van der Waals surface area contributed by atoms with Crippen molar-refractivity contribution in [2.45, 2.75) is 5.16 Å². The van der Waals surface area contributed by atoms with Gasteiger partial charge in [0.25, 0.3) is 11.5 Å². The lowest BCUT2D eigenvalue weighted by Gasteiger charge is -2.08. The van der Waals surface area contributed by atoms with Gasteiger partial charge in [-0.15, -0.1) is 0 Å². The number of thioether (sulfide) groups is 1. The Kier molecular flexibility index (Phi) is 5.87. The molecule has 1 aromatic heterocycles. The zero-order valence-corrected chi connectivity index (χ0v) is 15.7. The van der Waals surface area contributed by atoms with Crippen LogP contribution in [0.3, 0.4) is 0 Å². The second-order valence-electron chi connectivity index (χ2n) is 5.63. The van der Waals surface area contributed by atoms with E-state index >= 15 is 0 Å². The molecule has 0 aliphatic heterocycles. The Bertz CT molecular complexity index is 1040. The highest BCUT2D eigenvalue weighted by Gasteiger charge is 2.10. The van der Waals surface area contributed by atoms with E-state index in [1.165, 1.54) is 16.3 Å². The zero-order valence-electron chi connectivity index (χ0n) is 14.9. The van der Waals surface area contributed by atoms with Gasteiger partial charge in [-0.3, -0.25) is 14.2 Å². The van der Waals surface area contributed by atoms with Gasteiger partial charge in [-0.25, -0.2) is 10.4 Å². The minimum atomic E-state index is -0.285. The van der Waals surface area contributed by atoms with Crippen LogP contribution < -0.4 is 15.7 Å². The average Bonchev–Trinajstić information content (AvgIpc) is 2.70. The maximum atomic E-state index is 12.3. The van der Waals surface area contributed by atoms with Crippen molar-refractivity contribution < 1.29 is 9.53 Å². The summed E-state index contributed by atoms with van der Waals surface area (Å²) >= 11 is 1.18. The van der Waals surface area contributed by atoms with Crippen molar-refractivity contribution in [3.8, 4) is 5.75 Å². The molecule has 0 bridgehead atoms. The molecular formula is C19H18N4O3S. The van der Waals surface area contributed by atoms with Crippen LogP contribution >= 0.6 is 11.8 Å². The van der Waals surface area contributed by atoms with Crippen molar-refractivity contribution in [2.24, 2.45) is 12.1 Å². The van der Waals surface area contributed by atoms with E-state index in [1.807, 2.05) is 30.3 Å². The molecule has 138 valence electrons.